The molecule has 0 bridgehead atoms. The number of aliphatic hydroxyl groups excluding tert-OH is 1. The molecule has 0 fully saturated rings. The fourth-order valence-electron chi connectivity index (χ4n) is 2.82. The second kappa shape index (κ2) is 7.05. The average molecular weight is 290 g/mol. The number of hydrogen-bond donors (Lipinski definition) is 3. The normalized spacial score (nSPS) is 18.1. The van der Waals surface area contributed by atoms with Gasteiger partial charge in [0.2, 0.25) is 5.91 Å². The van der Waals surface area contributed by atoms with Crippen LogP contribution in [0, 0.1) is 5.41 Å². The molecular formula is C17H26N2O2. The summed E-state index contributed by atoms with van der Waals surface area (Å²) in [6.45, 7) is 5.50. The Labute approximate surface area is 126 Å². The molecular weight excluding hydrogens is 264 g/mol. The van der Waals surface area contributed by atoms with Gasteiger partial charge in [0.1, 0.15) is 0 Å². The maximum Gasteiger partial charge on any atom is 0.237 e. The van der Waals surface area contributed by atoms with Crippen LogP contribution in [0.4, 0.5) is 0 Å². The lowest BCUT2D eigenvalue weighted by Crippen LogP contribution is -2.50. The minimum absolute atomic E-state index is 0.0317. The molecule has 1 aromatic carbocycles. The van der Waals surface area contributed by atoms with Crippen LogP contribution in [0.2, 0.25) is 0 Å². The topological polar surface area (TPSA) is 61.4 Å². The van der Waals surface area contributed by atoms with E-state index in [0.29, 0.717) is 6.54 Å². The van der Waals surface area contributed by atoms with Crippen LogP contribution in [0.1, 0.15) is 37.8 Å². The molecule has 1 amide bonds. The summed E-state index contributed by atoms with van der Waals surface area (Å²) in [5.41, 5.74) is 2.33. The lowest BCUT2D eigenvalue weighted by Gasteiger charge is -2.31. The SMILES string of the molecule is CCC(CC)(CO)CNC(=O)C1Cc2ccccc2CN1. The van der Waals surface area contributed by atoms with Crippen molar-refractivity contribution >= 4 is 5.91 Å². The zero-order valence-corrected chi connectivity index (χ0v) is 13.0. The van der Waals surface area contributed by atoms with Gasteiger partial charge in [0.25, 0.3) is 0 Å². The summed E-state index contributed by atoms with van der Waals surface area (Å²) < 4.78 is 0. The molecule has 1 heterocycles. The first-order chi connectivity index (χ1) is 10.1. The lowest BCUT2D eigenvalue weighted by atomic mass is 9.83. The Balaban J connectivity index is 1.93. The van der Waals surface area contributed by atoms with Gasteiger partial charge in [-0.05, 0) is 30.4 Å². The van der Waals surface area contributed by atoms with Crippen molar-refractivity contribution in [1.29, 1.82) is 0 Å². The molecule has 21 heavy (non-hydrogen) atoms. The summed E-state index contributed by atoms with van der Waals surface area (Å²) in [5.74, 6) is 0.0317. The number of carbonyl (C=O) groups is 1. The number of nitrogens with one attached hydrogen (secondary N) is 2. The molecule has 0 aromatic heterocycles. The lowest BCUT2D eigenvalue weighted by molar-refractivity contribution is -0.124. The van der Waals surface area contributed by atoms with Crippen molar-refractivity contribution in [3.8, 4) is 0 Å². The molecule has 1 aromatic rings. The molecule has 1 aliphatic heterocycles. The highest BCUT2D eigenvalue weighted by Crippen LogP contribution is 2.24. The molecule has 0 aliphatic carbocycles. The minimum atomic E-state index is -0.192. The van der Waals surface area contributed by atoms with Crippen LogP contribution in [-0.2, 0) is 17.8 Å². The predicted octanol–water partition coefficient (Wildman–Crippen LogP) is 1.62. The first-order valence-electron chi connectivity index (χ1n) is 7.83. The highest BCUT2D eigenvalue weighted by molar-refractivity contribution is 5.82. The van der Waals surface area contributed by atoms with Crippen molar-refractivity contribution in [2.75, 3.05) is 13.2 Å². The van der Waals surface area contributed by atoms with Crippen LogP contribution < -0.4 is 10.6 Å². The monoisotopic (exact) mass is 290 g/mol. The molecule has 1 unspecified atom stereocenters. The summed E-state index contributed by atoms with van der Waals surface area (Å²) in [6.07, 6.45) is 2.45. The van der Waals surface area contributed by atoms with Gasteiger partial charge < -0.3 is 15.7 Å². The molecule has 116 valence electrons. The van der Waals surface area contributed by atoms with Crippen LogP contribution in [0.3, 0.4) is 0 Å². The number of carbonyl (C=O) groups excluding carboxylic acids is 1. The van der Waals surface area contributed by atoms with Gasteiger partial charge in [-0.25, -0.2) is 0 Å². The van der Waals surface area contributed by atoms with E-state index in [2.05, 4.69) is 36.6 Å². The Morgan fingerprint density at radius 1 is 1.33 bits per heavy atom. The van der Waals surface area contributed by atoms with E-state index in [9.17, 15) is 9.90 Å². The van der Waals surface area contributed by atoms with E-state index < -0.39 is 0 Å². The Kier molecular flexibility index (Phi) is 5.37. The number of amides is 1. The summed E-state index contributed by atoms with van der Waals surface area (Å²) in [6, 6.07) is 8.06. The van der Waals surface area contributed by atoms with Gasteiger partial charge >= 0.3 is 0 Å². The second-order valence-corrected chi connectivity index (χ2v) is 5.99. The van der Waals surface area contributed by atoms with E-state index >= 15 is 0 Å². The third kappa shape index (κ3) is 3.63. The largest absolute Gasteiger partial charge is 0.396 e. The van der Waals surface area contributed by atoms with E-state index in [-0.39, 0.29) is 24.0 Å². The molecule has 4 nitrogen and oxygen atoms in total. The van der Waals surface area contributed by atoms with Crippen LogP contribution in [0.15, 0.2) is 24.3 Å². The Bertz CT molecular complexity index is 475. The fourth-order valence-corrected chi connectivity index (χ4v) is 2.82. The third-order valence-electron chi connectivity index (χ3n) is 4.87. The average Bonchev–Trinajstić information content (AvgIpc) is 2.56. The number of rotatable bonds is 6. The molecule has 3 N–H and O–H groups in total. The molecule has 1 atom stereocenters. The molecule has 0 radical (unpaired) electrons. The van der Waals surface area contributed by atoms with Crippen molar-refractivity contribution in [2.45, 2.75) is 45.7 Å². The smallest absolute Gasteiger partial charge is 0.237 e. The van der Waals surface area contributed by atoms with Gasteiger partial charge in [-0.2, -0.15) is 0 Å². The van der Waals surface area contributed by atoms with E-state index in [4.69, 9.17) is 0 Å². The van der Waals surface area contributed by atoms with Gasteiger partial charge in [-0.3, -0.25) is 4.79 Å². The quantitative estimate of drug-likeness (QED) is 0.746. The number of aliphatic hydroxyl groups is 1. The van der Waals surface area contributed by atoms with Gasteiger partial charge in [0.15, 0.2) is 0 Å². The van der Waals surface area contributed by atoms with Crippen molar-refractivity contribution in [1.82, 2.24) is 10.6 Å². The van der Waals surface area contributed by atoms with E-state index in [1.54, 1.807) is 0 Å². The molecule has 4 heteroatoms. The van der Waals surface area contributed by atoms with E-state index in [0.717, 1.165) is 25.8 Å². The Hall–Kier alpha value is -1.39. The van der Waals surface area contributed by atoms with Gasteiger partial charge in [0.05, 0.1) is 12.6 Å². The maximum atomic E-state index is 12.3. The molecule has 0 spiro atoms. The van der Waals surface area contributed by atoms with Crippen LogP contribution >= 0.6 is 0 Å². The predicted molar refractivity (Wildman–Crippen MR) is 83.9 cm³/mol. The molecule has 0 saturated carbocycles. The number of fused-ring (bicyclic) bond motifs is 1. The fraction of sp³-hybridized carbons (Fsp3) is 0.588. The Morgan fingerprint density at radius 3 is 2.62 bits per heavy atom. The number of benzene rings is 1. The summed E-state index contributed by atoms with van der Waals surface area (Å²) >= 11 is 0. The minimum Gasteiger partial charge on any atom is -0.396 e. The molecule has 1 aliphatic rings. The zero-order chi connectivity index (χ0) is 15.3. The summed E-state index contributed by atoms with van der Waals surface area (Å²) in [7, 11) is 0. The van der Waals surface area contributed by atoms with Crippen molar-refractivity contribution < 1.29 is 9.90 Å². The van der Waals surface area contributed by atoms with Gasteiger partial charge in [-0.1, -0.05) is 38.1 Å². The molecule has 2 rings (SSSR count). The summed E-state index contributed by atoms with van der Waals surface area (Å²) in [4.78, 5) is 12.3. The van der Waals surface area contributed by atoms with E-state index in [1.165, 1.54) is 11.1 Å². The van der Waals surface area contributed by atoms with Crippen LogP contribution in [0.25, 0.3) is 0 Å². The zero-order valence-electron chi connectivity index (χ0n) is 13.0. The highest BCUT2D eigenvalue weighted by atomic mass is 16.3. The first-order valence-corrected chi connectivity index (χ1v) is 7.83. The molecule has 0 saturated heterocycles. The maximum absolute atomic E-state index is 12.3. The highest BCUT2D eigenvalue weighted by Gasteiger charge is 2.29. The first kappa shape index (κ1) is 16.0. The standard InChI is InChI=1S/C17H26N2O2/c1-3-17(4-2,12-20)11-19-16(21)15-9-13-7-5-6-8-14(13)10-18-15/h5-8,15,18,20H,3-4,9-12H2,1-2H3,(H,19,21). The van der Waals surface area contributed by atoms with Gasteiger partial charge in [-0.15, -0.1) is 0 Å². The summed E-state index contributed by atoms with van der Waals surface area (Å²) in [5, 5.41) is 15.9. The Morgan fingerprint density at radius 2 is 2.00 bits per heavy atom. The van der Waals surface area contributed by atoms with Crippen LogP contribution in [0.5, 0.6) is 0 Å². The van der Waals surface area contributed by atoms with Crippen molar-refractivity contribution in [2.24, 2.45) is 5.41 Å². The second-order valence-electron chi connectivity index (χ2n) is 5.99. The van der Waals surface area contributed by atoms with Crippen LogP contribution in [-0.4, -0.2) is 30.2 Å². The van der Waals surface area contributed by atoms with E-state index in [1.807, 2.05) is 12.1 Å². The van der Waals surface area contributed by atoms with Crippen molar-refractivity contribution in [3.63, 3.8) is 0 Å². The third-order valence-corrected chi connectivity index (χ3v) is 4.87. The number of hydrogen-bond acceptors (Lipinski definition) is 3. The van der Waals surface area contributed by atoms with Crippen molar-refractivity contribution in [3.05, 3.63) is 35.4 Å². The van der Waals surface area contributed by atoms with Gasteiger partial charge in [0, 0.05) is 18.5 Å².